The highest BCUT2D eigenvalue weighted by Crippen LogP contribution is 2.35. The number of nitrogens with zero attached hydrogens (tertiary/aromatic N) is 1. The molecule has 2 aromatic rings. The van der Waals surface area contributed by atoms with E-state index in [1.165, 1.54) is 17.7 Å². The lowest BCUT2D eigenvalue weighted by atomic mass is 9.80. The lowest BCUT2D eigenvalue weighted by molar-refractivity contribution is -0.153. The van der Waals surface area contributed by atoms with Crippen molar-refractivity contribution in [2.75, 3.05) is 19.8 Å². The molecule has 2 atom stereocenters. The predicted molar refractivity (Wildman–Crippen MR) is 105 cm³/mol. The van der Waals surface area contributed by atoms with Crippen LogP contribution < -0.4 is 4.74 Å². The average molecular weight is 419 g/mol. The Kier molecular flexibility index (Phi) is 6.11. The minimum absolute atomic E-state index is 0.0358. The number of morpholine rings is 1. The summed E-state index contributed by atoms with van der Waals surface area (Å²) < 4.78 is 47.3. The first-order valence-corrected chi connectivity index (χ1v) is 10.1. The van der Waals surface area contributed by atoms with Gasteiger partial charge >= 0.3 is 6.18 Å². The maximum absolute atomic E-state index is 13.0. The summed E-state index contributed by atoms with van der Waals surface area (Å²) in [6.45, 7) is 0.712. The summed E-state index contributed by atoms with van der Waals surface area (Å²) in [5.41, 5.74) is 1.75. The Labute approximate surface area is 173 Å². The van der Waals surface area contributed by atoms with E-state index < -0.39 is 12.8 Å². The highest BCUT2D eigenvalue weighted by atomic mass is 19.4. The van der Waals surface area contributed by atoms with Crippen molar-refractivity contribution in [1.82, 2.24) is 4.90 Å². The number of hydrogen-bond acceptors (Lipinski definition) is 4. The van der Waals surface area contributed by atoms with E-state index >= 15 is 0 Å². The number of alkyl halides is 3. The number of ketones is 1. The standard InChI is InChI=1S/C23H24F3NO3/c24-23(25,26)15-30-21-8-6-17(7-9-21)22(28)18-10-19-13-29-14-20(11-18)27(19)12-16-4-2-1-3-5-16/h1-9,18-20H,10-15H2. The fraction of sp³-hybridized carbons (Fsp3) is 0.435. The molecule has 2 heterocycles. The number of carbonyl (C=O) groups is 1. The van der Waals surface area contributed by atoms with Crippen molar-refractivity contribution >= 4 is 5.78 Å². The number of fused-ring (bicyclic) bond motifs is 2. The third-order valence-corrected chi connectivity index (χ3v) is 5.79. The minimum atomic E-state index is -4.39. The number of ether oxygens (including phenoxy) is 2. The quantitative estimate of drug-likeness (QED) is 0.647. The number of piperidine rings is 1. The number of rotatable bonds is 6. The van der Waals surface area contributed by atoms with Gasteiger partial charge in [0.1, 0.15) is 5.75 Å². The van der Waals surface area contributed by atoms with Gasteiger partial charge in [-0.15, -0.1) is 0 Å². The highest BCUT2D eigenvalue weighted by Gasteiger charge is 2.41. The summed E-state index contributed by atoms with van der Waals surface area (Å²) in [6.07, 6.45) is -2.95. The molecular weight excluding hydrogens is 395 g/mol. The van der Waals surface area contributed by atoms with Crippen LogP contribution in [0.25, 0.3) is 0 Å². The van der Waals surface area contributed by atoms with E-state index in [1.54, 1.807) is 12.1 Å². The zero-order valence-corrected chi connectivity index (χ0v) is 16.5. The van der Waals surface area contributed by atoms with Crippen LogP contribution in [0.1, 0.15) is 28.8 Å². The van der Waals surface area contributed by atoms with Crippen LogP contribution >= 0.6 is 0 Å². The molecule has 2 aliphatic rings. The molecule has 2 unspecified atom stereocenters. The van der Waals surface area contributed by atoms with Gasteiger partial charge in [0.2, 0.25) is 0 Å². The van der Waals surface area contributed by atoms with Crippen molar-refractivity contribution in [3.63, 3.8) is 0 Å². The highest BCUT2D eigenvalue weighted by molar-refractivity contribution is 5.98. The summed E-state index contributed by atoms with van der Waals surface area (Å²) in [5, 5.41) is 0. The Morgan fingerprint density at radius 2 is 1.63 bits per heavy atom. The molecule has 30 heavy (non-hydrogen) atoms. The Bertz CT molecular complexity index is 840. The normalized spacial score (nSPS) is 24.4. The second-order valence-corrected chi connectivity index (χ2v) is 7.96. The Morgan fingerprint density at radius 3 is 2.23 bits per heavy atom. The van der Waals surface area contributed by atoms with Gasteiger partial charge in [-0.3, -0.25) is 9.69 Å². The fourth-order valence-corrected chi connectivity index (χ4v) is 4.37. The second kappa shape index (κ2) is 8.78. The first-order valence-electron chi connectivity index (χ1n) is 10.1. The molecule has 0 radical (unpaired) electrons. The van der Waals surface area contributed by atoms with Gasteiger partial charge in [-0.05, 0) is 42.7 Å². The molecule has 2 saturated heterocycles. The molecule has 160 valence electrons. The molecule has 4 nitrogen and oxygen atoms in total. The van der Waals surface area contributed by atoms with Crippen molar-refractivity contribution in [1.29, 1.82) is 0 Å². The lowest BCUT2D eigenvalue weighted by Gasteiger charge is -2.48. The lowest BCUT2D eigenvalue weighted by Crippen LogP contribution is -2.57. The van der Waals surface area contributed by atoms with Crippen LogP contribution in [0.3, 0.4) is 0 Å². The summed E-state index contributed by atoms with van der Waals surface area (Å²) in [5.74, 6) is 0.0262. The maximum Gasteiger partial charge on any atom is 0.422 e. The molecule has 2 bridgehead atoms. The molecule has 4 rings (SSSR count). The number of benzene rings is 2. The van der Waals surface area contributed by atoms with E-state index in [1.807, 2.05) is 18.2 Å². The molecule has 0 N–H and O–H groups in total. The largest absolute Gasteiger partial charge is 0.484 e. The molecule has 2 fully saturated rings. The molecular formula is C23H24F3NO3. The van der Waals surface area contributed by atoms with Crippen LogP contribution in [0.5, 0.6) is 5.75 Å². The van der Waals surface area contributed by atoms with Crippen molar-refractivity contribution in [2.24, 2.45) is 5.92 Å². The van der Waals surface area contributed by atoms with Crippen molar-refractivity contribution in [3.05, 3.63) is 65.7 Å². The zero-order valence-electron chi connectivity index (χ0n) is 16.5. The maximum atomic E-state index is 13.0. The fourth-order valence-electron chi connectivity index (χ4n) is 4.37. The van der Waals surface area contributed by atoms with Crippen LogP contribution in [0.2, 0.25) is 0 Å². The molecule has 7 heteroatoms. The zero-order chi connectivity index (χ0) is 21.1. The average Bonchev–Trinajstić information content (AvgIpc) is 2.72. The van der Waals surface area contributed by atoms with E-state index in [4.69, 9.17) is 9.47 Å². The van der Waals surface area contributed by atoms with Gasteiger partial charge in [-0.2, -0.15) is 13.2 Å². The van der Waals surface area contributed by atoms with Gasteiger partial charge in [-0.1, -0.05) is 30.3 Å². The number of carbonyl (C=O) groups excluding carboxylic acids is 1. The molecule has 2 aliphatic heterocycles. The summed E-state index contributed by atoms with van der Waals surface area (Å²) in [6, 6.07) is 16.6. The number of halogens is 3. The van der Waals surface area contributed by atoms with E-state index in [2.05, 4.69) is 17.0 Å². The molecule has 0 saturated carbocycles. The van der Waals surface area contributed by atoms with E-state index in [0.29, 0.717) is 31.6 Å². The molecule has 0 spiro atoms. The number of hydrogen-bond donors (Lipinski definition) is 0. The second-order valence-electron chi connectivity index (χ2n) is 7.96. The Hall–Kier alpha value is -2.38. The van der Waals surface area contributed by atoms with Crippen LogP contribution in [0.15, 0.2) is 54.6 Å². The van der Waals surface area contributed by atoms with Crippen molar-refractivity contribution < 1.29 is 27.4 Å². The third-order valence-electron chi connectivity index (χ3n) is 5.79. The third kappa shape index (κ3) is 5.02. The van der Waals surface area contributed by atoms with Gasteiger partial charge in [0.05, 0.1) is 13.2 Å². The van der Waals surface area contributed by atoms with Crippen LogP contribution in [-0.4, -0.2) is 48.8 Å². The van der Waals surface area contributed by atoms with Gasteiger partial charge in [-0.25, -0.2) is 0 Å². The van der Waals surface area contributed by atoms with E-state index in [0.717, 1.165) is 6.54 Å². The molecule has 0 aliphatic carbocycles. The van der Waals surface area contributed by atoms with Gasteiger partial charge in [0.15, 0.2) is 12.4 Å². The van der Waals surface area contributed by atoms with E-state index in [9.17, 15) is 18.0 Å². The summed E-state index contributed by atoms with van der Waals surface area (Å²) >= 11 is 0. The van der Waals surface area contributed by atoms with Crippen LogP contribution in [0, 0.1) is 5.92 Å². The van der Waals surface area contributed by atoms with Crippen molar-refractivity contribution in [2.45, 2.75) is 37.6 Å². The molecule has 0 aromatic heterocycles. The topological polar surface area (TPSA) is 38.8 Å². The smallest absolute Gasteiger partial charge is 0.422 e. The van der Waals surface area contributed by atoms with Crippen LogP contribution in [0.4, 0.5) is 13.2 Å². The van der Waals surface area contributed by atoms with Gasteiger partial charge < -0.3 is 9.47 Å². The van der Waals surface area contributed by atoms with Crippen LogP contribution in [-0.2, 0) is 11.3 Å². The van der Waals surface area contributed by atoms with Crippen molar-refractivity contribution in [3.8, 4) is 5.75 Å². The first-order chi connectivity index (χ1) is 14.4. The number of Topliss-reactive ketones (excluding diaryl/α,β-unsaturated/α-hetero) is 1. The monoisotopic (exact) mass is 419 g/mol. The first kappa shape index (κ1) is 20.9. The van der Waals surface area contributed by atoms with Gasteiger partial charge in [0, 0.05) is 30.1 Å². The summed E-state index contributed by atoms with van der Waals surface area (Å²) in [7, 11) is 0. The SMILES string of the molecule is O=C(c1ccc(OCC(F)(F)F)cc1)C1CC2COCC(C1)N2Cc1ccccc1. The van der Waals surface area contributed by atoms with Gasteiger partial charge in [0.25, 0.3) is 0 Å². The Morgan fingerprint density at radius 1 is 1.00 bits per heavy atom. The minimum Gasteiger partial charge on any atom is -0.484 e. The Balaban J connectivity index is 1.40. The predicted octanol–water partition coefficient (Wildman–Crippen LogP) is 4.49. The molecule has 0 amide bonds. The summed E-state index contributed by atoms with van der Waals surface area (Å²) in [4.78, 5) is 15.5. The molecule has 2 aromatic carbocycles. The van der Waals surface area contributed by atoms with E-state index in [-0.39, 0.29) is 29.5 Å².